The number of benzene rings is 1. The number of furan rings is 2. The molecule has 0 spiro atoms. The van der Waals surface area contributed by atoms with Gasteiger partial charge in [0.05, 0.1) is 17.7 Å². The third kappa shape index (κ3) is 3.96. The van der Waals surface area contributed by atoms with Crippen molar-refractivity contribution < 1.29 is 28.1 Å². The lowest BCUT2D eigenvalue weighted by Crippen LogP contribution is -2.53. The maximum atomic E-state index is 12.7. The Kier molecular flexibility index (Phi) is 5.14. The molecule has 0 atom stereocenters. The molecular formula is C20H12ClN3O7. The van der Waals surface area contributed by atoms with E-state index in [1.807, 2.05) is 0 Å². The summed E-state index contributed by atoms with van der Waals surface area (Å²) in [7, 11) is 0. The van der Waals surface area contributed by atoms with E-state index in [0.717, 1.165) is 4.90 Å². The second-order valence-electron chi connectivity index (χ2n) is 6.41. The van der Waals surface area contributed by atoms with Gasteiger partial charge in [-0.2, -0.15) is 0 Å². The van der Waals surface area contributed by atoms with E-state index < -0.39 is 22.8 Å². The zero-order valence-electron chi connectivity index (χ0n) is 15.5. The fraction of sp³-hybridized carbons (Fsp3) is 0.0500. The predicted octanol–water partition coefficient (Wildman–Crippen LogP) is 3.76. The number of carbonyl (C=O) groups is 3. The standard InChI is InChI=1S/C20H12ClN3O7/c21-15-5-3-11(8-16(15)24(28)29)17-6-4-12(31-17)9-14-18(25)22-20(27)23(19(14)26)10-13-2-1-7-30-13/h1-9H,10H2,(H,22,25,27)/b14-9+. The van der Waals surface area contributed by atoms with Gasteiger partial charge in [0.15, 0.2) is 0 Å². The number of hydrogen-bond donors (Lipinski definition) is 1. The highest BCUT2D eigenvalue weighted by Crippen LogP contribution is 2.31. The highest BCUT2D eigenvalue weighted by Gasteiger charge is 2.36. The minimum atomic E-state index is -0.870. The van der Waals surface area contributed by atoms with Gasteiger partial charge >= 0.3 is 6.03 Å². The van der Waals surface area contributed by atoms with Gasteiger partial charge in [-0.05, 0) is 42.5 Å². The van der Waals surface area contributed by atoms with Crippen molar-refractivity contribution in [1.29, 1.82) is 0 Å². The van der Waals surface area contributed by atoms with E-state index in [2.05, 4.69) is 5.32 Å². The Morgan fingerprint density at radius 2 is 1.97 bits per heavy atom. The van der Waals surface area contributed by atoms with E-state index in [0.29, 0.717) is 11.3 Å². The van der Waals surface area contributed by atoms with Crippen molar-refractivity contribution in [3.05, 3.63) is 81.0 Å². The van der Waals surface area contributed by atoms with E-state index in [9.17, 15) is 24.5 Å². The van der Waals surface area contributed by atoms with Gasteiger partial charge in [-0.15, -0.1) is 0 Å². The van der Waals surface area contributed by atoms with Crippen LogP contribution in [-0.4, -0.2) is 27.7 Å². The van der Waals surface area contributed by atoms with Crippen LogP contribution in [0.3, 0.4) is 0 Å². The van der Waals surface area contributed by atoms with Crippen molar-refractivity contribution in [2.45, 2.75) is 6.54 Å². The maximum Gasteiger partial charge on any atom is 0.331 e. The third-order valence-corrected chi connectivity index (χ3v) is 4.74. The number of nitro benzene ring substituents is 1. The maximum absolute atomic E-state index is 12.7. The third-order valence-electron chi connectivity index (χ3n) is 4.42. The normalized spacial score (nSPS) is 15.5. The second-order valence-corrected chi connectivity index (χ2v) is 6.82. The van der Waals surface area contributed by atoms with Crippen LogP contribution in [0.1, 0.15) is 11.5 Å². The van der Waals surface area contributed by atoms with Crippen molar-refractivity contribution in [3.63, 3.8) is 0 Å². The van der Waals surface area contributed by atoms with Crippen LogP contribution in [0.15, 0.2) is 63.1 Å². The van der Waals surface area contributed by atoms with Crippen LogP contribution in [-0.2, 0) is 16.1 Å². The summed E-state index contributed by atoms with van der Waals surface area (Å²) in [5.74, 6) is -0.921. The van der Waals surface area contributed by atoms with Crippen molar-refractivity contribution in [3.8, 4) is 11.3 Å². The van der Waals surface area contributed by atoms with Crippen molar-refractivity contribution in [2.24, 2.45) is 0 Å². The van der Waals surface area contributed by atoms with Gasteiger partial charge in [-0.25, -0.2) is 4.79 Å². The molecule has 2 aromatic heterocycles. The first-order valence-corrected chi connectivity index (χ1v) is 9.16. The highest BCUT2D eigenvalue weighted by molar-refractivity contribution is 6.32. The first kappa shape index (κ1) is 20.1. The van der Waals surface area contributed by atoms with Crippen LogP contribution in [0.25, 0.3) is 17.4 Å². The average Bonchev–Trinajstić information content (AvgIpc) is 3.40. The number of halogens is 1. The summed E-state index contributed by atoms with van der Waals surface area (Å²) >= 11 is 5.82. The highest BCUT2D eigenvalue weighted by atomic mass is 35.5. The van der Waals surface area contributed by atoms with E-state index >= 15 is 0 Å². The number of urea groups is 1. The lowest BCUT2D eigenvalue weighted by Gasteiger charge is -2.25. The second kappa shape index (κ2) is 7.92. The molecule has 4 amide bonds. The fourth-order valence-electron chi connectivity index (χ4n) is 2.93. The number of amides is 4. The summed E-state index contributed by atoms with van der Waals surface area (Å²) in [5.41, 5.74) is -0.215. The lowest BCUT2D eigenvalue weighted by atomic mass is 10.1. The summed E-state index contributed by atoms with van der Waals surface area (Å²) in [6.07, 6.45) is 2.59. The summed E-state index contributed by atoms with van der Waals surface area (Å²) in [4.78, 5) is 48.3. The molecule has 3 heterocycles. The molecule has 0 unspecified atom stereocenters. The van der Waals surface area contributed by atoms with Crippen LogP contribution in [0.4, 0.5) is 10.5 Å². The SMILES string of the molecule is O=C1NC(=O)N(Cc2ccco2)C(=O)/C1=C/c1ccc(-c2ccc(Cl)c([N+](=O)[O-])c2)o1. The Morgan fingerprint density at radius 1 is 1.16 bits per heavy atom. The summed E-state index contributed by atoms with van der Waals surface area (Å²) in [6.45, 7) is -0.153. The molecule has 1 aliphatic heterocycles. The number of barbiturate groups is 1. The Bertz CT molecular complexity index is 1240. The monoisotopic (exact) mass is 441 g/mol. The molecule has 0 saturated carbocycles. The lowest BCUT2D eigenvalue weighted by molar-refractivity contribution is -0.384. The smallest absolute Gasteiger partial charge is 0.331 e. The van der Waals surface area contributed by atoms with Crippen LogP contribution in [0.5, 0.6) is 0 Å². The average molecular weight is 442 g/mol. The van der Waals surface area contributed by atoms with E-state index in [1.165, 1.54) is 42.7 Å². The van der Waals surface area contributed by atoms with Crippen molar-refractivity contribution >= 4 is 41.2 Å². The van der Waals surface area contributed by atoms with Gasteiger partial charge in [0, 0.05) is 11.6 Å². The van der Waals surface area contributed by atoms with Gasteiger partial charge < -0.3 is 8.83 Å². The molecule has 31 heavy (non-hydrogen) atoms. The summed E-state index contributed by atoms with van der Waals surface area (Å²) in [5, 5.41) is 13.1. The molecule has 1 aromatic carbocycles. The number of imide groups is 2. The number of nitrogens with zero attached hydrogens (tertiary/aromatic N) is 2. The molecule has 4 rings (SSSR count). The molecule has 1 saturated heterocycles. The Balaban J connectivity index is 1.62. The first-order chi connectivity index (χ1) is 14.8. The number of nitrogens with one attached hydrogen (secondary N) is 1. The van der Waals surface area contributed by atoms with Gasteiger partial charge in [0.1, 0.15) is 27.9 Å². The Hall–Kier alpha value is -4.18. The molecule has 3 aromatic rings. The van der Waals surface area contributed by atoms with Crippen LogP contribution in [0.2, 0.25) is 5.02 Å². The topological polar surface area (TPSA) is 136 Å². The van der Waals surface area contributed by atoms with Crippen LogP contribution >= 0.6 is 11.6 Å². The molecule has 0 radical (unpaired) electrons. The number of carbonyl (C=O) groups excluding carboxylic acids is 3. The van der Waals surface area contributed by atoms with Gasteiger partial charge in [-0.1, -0.05) is 11.6 Å². The molecule has 156 valence electrons. The molecule has 1 N–H and O–H groups in total. The molecule has 1 aliphatic rings. The van der Waals surface area contributed by atoms with Crippen LogP contribution < -0.4 is 5.32 Å². The summed E-state index contributed by atoms with van der Waals surface area (Å²) in [6, 6.07) is 9.49. The molecule has 11 heteroatoms. The van der Waals surface area contributed by atoms with E-state index in [-0.39, 0.29) is 34.3 Å². The minimum absolute atomic E-state index is 0.0200. The summed E-state index contributed by atoms with van der Waals surface area (Å²) < 4.78 is 10.8. The number of rotatable bonds is 5. The number of nitro groups is 1. The van der Waals surface area contributed by atoms with Gasteiger partial charge in [-0.3, -0.25) is 29.9 Å². The fourth-order valence-corrected chi connectivity index (χ4v) is 3.12. The zero-order chi connectivity index (χ0) is 22.1. The van der Waals surface area contributed by atoms with E-state index in [4.69, 9.17) is 20.4 Å². The van der Waals surface area contributed by atoms with Crippen molar-refractivity contribution in [2.75, 3.05) is 0 Å². The zero-order valence-corrected chi connectivity index (χ0v) is 16.3. The molecule has 1 fully saturated rings. The van der Waals surface area contributed by atoms with Gasteiger partial charge in [0.25, 0.3) is 17.5 Å². The molecule has 10 nitrogen and oxygen atoms in total. The first-order valence-electron chi connectivity index (χ1n) is 8.79. The van der Waals surface area contributed by atoms with E-state index in [1.54, 1.807) is 12.1 Å². The largest absolute Gasteiger partial charge is 0.467 e. The Morgan fingerprint density at radius 3 is 2.68 bits per heavy atom. The Labute approximate surface area is 178 Å². The molecular weight excluding hydrogens is 430 g/mol. The number of hydrogen-bond acceptors (Lipinski definition) is 7. The quantitative estimate of drug-likeness (QED) is 0.275. The minimum Gasteiger partial charge on any atom is -0.467 e. The molecule has 0 aliphatic carbocycles. The van der Waals surface area contributed by atoms with Crippen molar-refractivity contribution in [1.82, 2.24) is 10.2 Å². The predicted molar refractivity (Wildman–Crippen MR) is 107 cm³/mol. The molecule has 0 bridgehead atoms. The van der Waals surface area contributed by atoms with Gasteiger partial charge in [0.2, 0.25) is 0 Å². The van der Waals surface area contributed by atoms with Crippen LogP contribution in [0, 0.1) is 10.1 Å².